The van der Waals surface area contributed by atoms with Crippen LogP contribution in [0, 0.1) is 0 Å². The number of aromatic nitrogens is 2. The molecule has 1 heterocycles. The number of hydrogen-bond donors (Lipinski definition) is 0. The lowest BCUT2D eigenvalue weighted by Gasteiger charge is -2.28. The number of imide groups is 1. The Morgan fingerprint density at radius 3 is 1.77 bits per heavy atom. The molecule has 124 valence electrons. The fourth-order valence-electron chi connectivity index (χ4n) is 1.52. The maximum Gasteiger partial charge on any atom is 0.425 e. The standard InChI is InChI=1S/C14H22BrN3O4/c1-13(2,3)21-11(19)18(12(20)22-14(4,5)6)10-9(15)8-16-17(10)7/h8H,1-7H3. The number of amides is 2. The van der Waals surface area contributed by atoms with Crippen molar-refractivity contribution in [2.75, 3.05) is 4.90 Å². The zero-order chi connectivity index (χ0) is 17.3. The van der Waals surface area contributed by atoms with Gasteiger partial charge in [0.2, 0.25) is 0 Å². The van der Waals surface area contributed by atoms with Gasteiger partial charge in [0.1, 0.15) is 11.2 Å². The zero-order valence-corrected chi connectivity index (χ0v) is 15.5. The molecule has 0 saturated heterocycles. The molecule has 0 bridgehead atoms. The first-order chi connectivity index (χ1) is 9.82. The summed E-state index contributed by atoms with van der Waals surface area (Å²) >= 11 is 3.27. The molecule has 7 nitrogen and oxygen atoms in total. The van der Waals surface area contributed by atoms with E-state index >= 15 is 0 Å². The number of carbonyl (C=O) groups excluding carboxylic acids is 2. The highest BCUT2D eigenvalue weighted by Gasteiger charge is 2.35. The number of aryl methyl sites for hydroxylation is 1. The molecule has 0 aliphatic heterocycles. The number of ether oxygens (including phenoxy) is 2. The molecule has 8 heteroatoms. The monoisotopic (exact) mass is 375 g/mol. The second kappa shape index (κ2) is 6.28. The highest BCUT2D eigenvalue weighted by Crippen LogP contribution is 2.28. The Kier molecular flexibility index (Phi) is 5.27. The molecular weight excluding hydrogens is 354 g/mol. The molecule has 0 aliphatic rings. The lowest BCUT2D eigenvalue weighted by molar-refractivity contribution is 0.0427. The molecule has 0 N–H and O–H groups in total. The fraction of sp³-hybridized carbons (Fsp3) is 0.643. The lowest BCUT2D eigenvalue weighted by atomic mass is 10.2. The quantitative estimate of drug-likeness (QED) is 0.744. The van der Waals surface area contributed by atoms with E-state index in [2.05, 4.69) is 21.0 Å². The highest BCUT2D eigenvalue weighted by molar-refractivity contribution is 9.10. The van der Waals surface area contributed by atoms with E-state index in [4.69, 9.17) is 9.47 Å². The molecule has 0 fully saturated rings. The van der Waals surface area contributed by atoms with Gasteiger partial charge in [-0.1, -0.05) is 0 Å². The summed E-state index contributed by atoms with van der Waals surface area (Å²) in [5.41, 5.74) is -1.50. The van der Waals surface area contributed by atoms with Gasteiger partial charge in [0.25, 0.3) is 0 Å². The van der Waals surface area contributed by atoms with Crippen molar-refractivity contribution >= 4 is 33.9 Å². The number of hydrogen-bond acceptors (Lipinski definition) is 5. The molecule has 0 atom stereocenters. The Morgan fingerprint density at radius 1 is 1.09 bits per heavy atom. The third kappa shape index (κ3) is 5.01. The maximum absolute atomic E-state index is 12.4. The van der Waals surface area contributed by atoms with E-state index in [1.165, 1.54) is 10.9 Å². The number of anilines is 1. The lowest BCUT2D eigenvalue weighted by Crippen LogP contribution is -2.44. The third-order valence-electron chi connectivity index (χ3n) is 2.23. The van der Waals surface area contributed by atoms with E-state index in [0.717, 1.165) is 4.90 Å². The van der Waals surface area contributed by atoms with E-state index in [-0.39, 0.29) is 5.82 Å². The van der Waals surface area contributed by atoms with Crippen molar-refractivity contribution in [3.8, 4) is 0 Å². The van der Waals surface area contributed by atoms with Gasteiger partial charge in [-0.15, -0.1) is 0 Å². The van der Waals surface area contributed by atoms with Gasteiger partial charge in [0.15, 0.2) is 5.82 Å². The largest absolute Gasteiger partial charge is 0.443 e. The predicted octanol–water partition coefficient (Wildman–Crippen LogP) is 3.86. The molecule has 1 aromatic rings. The van der Waals surface area contributed by atoms with Gasteiger partial charge in [-0.3, -0.25) is 4.68 Å². The first kappa shape index (κ1) is 18.5. The van der Waals surface area contributed by atoms with Gasteiger partial charge in [-0.05, 0) is 57.5 Å². The molecule has 0 aliphatic carbocycles. The second-order valence-corrected chi connectivity index (χ2v) is 7.59. The first-order valence-electron chi connectivity index (χ1n) is 6.75. The fourth-order valence-corrected chi connectivity index (χ4v) is 2.04. The number of rotatable bonds is 1. The Balaban J connectivity index is 3.22. The van der Waals surface area contributed by atoms with Gasteiger partial charge in [0.05, 0.1) is 10.7 Å². The maximum atomic E-state index is 12.4. The van der Waals surface area contributed by atoms with Crippen LogP contribution < -0.4 is 4.90 Å². The summed E-state index contributed by atoms with van der Waals surface area (Å²) < 4.78 is 12.5. The molecule has 0 unspecified atom stereocenters. The third-order valence-corrected chi connectivity index (χ3v) is 2.79. The van der Waals surface area contributed by atoms with Crippen LogP contribution in [0.25, 0.3) is 0 Å². The van der Waals surface area contributed by atoms with E-state index in [0.29, 0.717) is 4.47 Å². The van der Waals surface area contributed by atoms with E-state index in [1.54, 1.807) is 48.6 Å². The van der Waals surface area contributed by atoms with Crippen LogP contribution in [0.3, 0.4) is 0 Å². The average molecular weight is 376 g/mol. The molecule has 0 radical (unpaired) electrons. The van der Waals surface area contributed by atoms with Crippen molar-refractivity contribution in [1.29, 1.82) is 0 Å². The molecule has 0 aromatic carbocycles. The van der Waals surface area contributed by atoms with Crippen molar-refractivity contribution in [3.05, 3.63) is 10.7 Å². The molecule has 1 aromatic heterocycles. The van der Waals surface area contributed by atoms with Gasteiger partial charge < -0.3 is 9.47 Å². The Labute approximate surface area is 138 Å². The Morgan fingerprint density at radius 2 is 1.50 bits per heavy atom. The van der Waals surface area contributed by atoms with Crippen LogP contribution in [-0.2, 0) is 16.5 Å². The van der Waals surface area contributed by atoms with Gasteiger partial charge in [-0.25, -0.2) is 9.59 Å². The van der Waals surface area contributed by atoms with E-state index in [9.17, 15) is 9.59 Å². The number of halogens is 1. The minimum absolute atomic E-state index is 0.239. The van der Waals surface area contributed by atoms with E-state index in [1.807, 2.05) is 0 Å². The molecule has 22 heavy (non-hydrogen) atoms. The average Bonchev–Trinajstić information content (AvgIpc) is 2.56. The minimum Gasteiger partial charge on any atom is -0.443 e. The van der Waals surface area contributed by atoms with Crippen LogP contribution in [0.4, 0.5) is 15.4 Å². The summed E-state index contributed by atoms with van der Waals surface area (Å²) in [6, 6.07) is 0. The molecule has 0 saturated carbocycles. The van der Waals surface area contributed by atoms with Crippen LogP contribution in [0.1, 0.15) is 41.5 Å². The summed E-state index contributed by atoms with van der Waals surface area (Å²) in [4.78, 5) is 25.7. The van der Waals surface area contributed by atoms with Crippen molar-refractivity contribution in [2.24, 2.45) is 7.05 Å². The SMILES string of the molecule is Cn1ncc(Br)c1N(C(=O)OC(C)(C)C)C(=O)OC(C)(C)C. The van der Waals surface area contributed by atoms with Crippen LogP contribution in [0.2, 0.25) is 0 Å². The second-order valence-electron chi connectivity index (χ2n) is 6.74. The Bertz CT molecular complexity index is 522. The smallest absolute Gasteiger partial charge is 0.425 e. The topological polar surface area (TPSA) is 73.7 Å². The van der Waals surface area contributed by atoms with Gasteiger partial charge >= 0.3 is 12.2 Å². The molecular formula is C14H22BrN3O4. The first-order valence-corrected chi connectivity index (χ1v) is 7.55. The van der Waals surface area contributed by atoms with Crippen molar-refractivity contribution < 1.29 is 19.1 Å². The minimum atomic E-state index is -0.828. The predicted molar refractivity (Wildman–Crippen MR) is 85.9 cm³/mol. The highest BCUT2D eigenvalue weighted by atomic mass is 79.9. The molecule has 1 rings (SSSR count). The van der Waals surface area contributed by atoms with Gasteiger partial charge in [0, 0.05) is 7.05 Å². The van der Waals surface area contributed by atoms with Crippen LogP contribution >= 0.6 is 15.9 Å². The normalized spacial score (nSPS) is 12.0. The summed E-state index contributed by atoms with van der Waals surface area (Å²) in [6.07, 6.45) is -0.172. The Hall–Kier alpha value is -1.57. The summed E-state index contributed by atoms with van der Waals surface area (Å²) in [5.74, 6) is 0.239. The summed E-state index contributed by atoms with van der Waals surface area (Å²) in [7, 11) is 1.61. The van der Waals surface area contributed by atoms with Crippen molar-refractivity contribution in [1.82, 2.24) is 9.78 Å². The summed E-state index contributed by atoms with van der Waals surface area (Å²) in [5, 5.41) is 4.01. The molecule has 0 spiro atoms. The van der Waals surface area contributed by atoms with Crippen molar-refractivity contribution in [2.45, 2.75) is 52.7 Å². The molecule has 2 amide bonds. The van der Waals surface area contributed by atoms with Crippen molar-refractivity contribution in [3.63, 3.8) is 0 Å². The number of carbonyl (C=O) groups is 2. The number of nitrogens with zero attached hydrogens (tertiary/aromatic N) is 3. The zero-order valence-electron chi connectivity index (χ0n) is 13.9. The van der Waals surface area contributed by atoms with Gasteiger partial charge in [-0.2, -0.15) is 10.00 Å². The summed E-state index contributed by atoms with van der Waals surface area (Å²) in [6.45, 7) is 10.3. The van der Waals surface area contributed by atoms with Crippen LogP contribution in [0.5, 0.6) is 0 Å². The van der Waals surface area contributed by atoms with Crippen LogP contribution in [-0.4, -0.2) is 33.2 Å². The van der Waals surface area contributed by atoms with Crippen LogP contribution in [0.15, 0.2) is 10.7 Å². The van der Waals surface area contributed by atoms with E-state index < -0.39 is 23.4 Å².